The number of carbonyl (C=O) groups excluding carboxylic acids is 1. The number of alkyl halides is 5. The molecule has 0 aromatic heterocycles. The average Bonchev–Trinajstić information content (AvgIpc) is 2.25. The third kappa shape index (κ3) is 1.57. The SMILES string of the molecule is O=C(F)C1(C(F)(F)F)OCC(F)(F)O1. The molecule has 0 radical (unpaired) electrons. The van der Waals surface area contributed by atoms with E-state index in [1.54, 1.807) is 0 Å². The van der Waals surface area contributed by atoms with Gasteiger partial charge >= 0.3 is 24.1 Å². The van der Waals surface area contributed by atoms with Crippen LogP contribution < -0.4 is 0 Å². The fourth-order valence-corrected chi connectivity index (χ4v) is 0.803. The monoisotopic (exact) mass is 224 g/mol. The maximum absolute atomic E-state index is 12.2. The molecule has 1 unspecified atom stereocenters. The molecule has 1 fully saturated rings. The molecule has 0 aromatic carbocycles. The van der Waals surface area contributed by atoms with E-state index in [1.165, 1.54) is 0 Å². The molecule has 0 spiro atoms. The van der Waals surface area contributed by atoms with Crippen LogP contribution in [-0.2, 0) is 14.3 Å². The normalized spacial score (nSPS) is 31.9. The van der Waals surface area contributed by atoms with E-state index >= 15 is 0 Å². The summed E-state index contributed by atoms with van der Waals surface area (Å²) in [5.41, 5.74) is 0. The quantitative estimate of drug-likeness (QED) is 0.498. The van der Waals surface area contributed by atoms with Crippen molar-refractivity contribution in [2.24, 2.45) is 0 Å². The molecule has 0 amide bonds. The summed E-state index contributed by atoms with van der Waals surface area (Å²) in [6.07, 6.45) is -10.0. The first-order valence-electron chi connectivity index (χ1n) is 3.09. The van der Waals surface area contributed by atoms with Crippen LogP contribution in [0.5, 0.6) is 0 Å². The van der Waals surface area contributed by atoms with Crippen LogP contribution in [0.4, 0.5) is 26.3 Å². The fraction of sp³-hybridized carbons (Fsp3) is 0.800. The van der Waals surface area contributed by atoms with Gasteiger partial charge in [0.15, 0.2) is 0 Å². The molecule has 0 saturated carbocycles. The highest BCUT2D eigenvalue weighted by molar-refractivity contribution is 5.78. The lowest BCUT2D eigenvalue weighted by Gasteiger charge is -2.24. The van der Waals surface area contributed by atoms with Gasteiger partial charge in [-0.3, -0.25) is 9.53 Å². The van der Waals surface area contributed by atoms with E-state index in [-0.39, 0.29) is 0 Å². The summed E-state index contributed by atoms with van der Waals surface area (Å²) in [7, 11) is 0. The molecular formula is C5H2F6O3. The van der Waals surface area contributed by atoms with Gasteiger partial charge in [-0.25, -0.2) is 0 Å². The molecule has 1 aliphatic heterocycles. The van der Waals surface area contributed by atoms with Gasteiger partial charge < -0.3 is 4.74 Å². The molecule has 0 aromatic rings. The van der Waals surface area contributed by atoms with Crippen LogP contribution in [0.25, 0.3) is 0 Å². The smallest absolute Gasteiger partial charge is 0.325 e. The second-order valence-electron chi connectivity index (χ2n) is 2.42. The summed E-state index contributed by atoms with van der Waals surface area (Å²) in [6, 6.07) is -3.16. The van der Waals surface area contributed by atoms with Crippen molar-refractivity contribution in [2.45, 2.75) is 18.1 Å². The Balaban J connectivity index is 3.05. The van der Waals surface area contributed by atoms with Gasteiger partial charge in [0.2, 0.25) is 0 Å². The van der Waals surface area contributed by atoms with Crippen molar-refractivity contribution >= 4 is 6.04 Å². The third-order valence-electron chi connectivity index (χ3n) is 1.37. The van der Waals surface area contributed by atoms with Gasteiger partial charge in [-0.1, -0.05) is 0 Å². The van der Waals surface area contributed by atoms with E-state index in [4.69, 9.17) is 0 Å². The Morgan fingerprint density at radius 2 is 1.79 bits per heavy atom. The van der Waals surface area contributed by atoms with Crippen LogP contribution in [0.1, 0.15) is 0 Å². The Kier molecular flexibility index (Phi) is 2.27. The van der Waals surface area contributed by atoms with Crippen molar-refractivity contribution in [3.05, 3.63) is 0 Å². The molecule has 1 heterocycles. The Labute approximate surface area is 72.6 Å². The minimum atomic E-state index is -5.70. The number of hydrogen-bond donors (Lipinski definition) is 0. The lowest BCUT2D eigenvalue weighted by Crippen LogP contribution is -2.52. The van der Waals surface area contributed by atoms with Gasteiger partial charge in [-0.05, 0) is 0 Å². The molecule has 1 aliphatic rings. The zero-order valence-corrected chi connectivity index (χ0v) is 6.20. The Morgan fingerprint density at radius 1 is 1.29 bits per heavy atom. The summed E-state index contributed by atoms with van der Waals surface area (Å²) < 4.78 is 78.5. The standard InChI is InChI=1S/C5H2F6O3/c6-2(12)4(5(9,10)11)13-1-3(7,8)14-4/h1H2. The van der Waals surface area contributed by atoms with Crippen LogP contribution in [0, 0.1) is 0 Å². The molecule has 0 bridgehead atoms. The second kappa shape index (κ2) is 2.83. The molecule has 9 heteroatoms. The Bertz CT molecular complexity index is 261. The molecule has 3 nitrogen and oxygen atoms in total. The molecule has 1 rings (SSSR count). The number of ether oxygens (including phenoxy) is 2. The largest absolute Gasteiger partial charge is 0.454 e. The van der Waals surface area contributed by atoms with E-state index in [9.17, 15) is 31.1 Å². The van der Waals surface area contributed by atoms with Crippen LogP contribution in [0.2, 0.25) is 0 Å². The van der Waals surface area contributed by atoms with Crippen molar-refractivity contribution in [3.8, 4) is 0 Å². The highest BCUT2D eigenvalue weighted by atomic mass is 19.4. The van der Waals surface area contributed by atoms with Crippen LogP contribution >= 0.6 is 0 Å². The molecule has 1 saturated heterocycles. The highest BCUT2D eigenvalue weighted by Crippen LogP contribution is 2.45. The van der Waals surface area contributed by atoms with E-state index in [0.29, 0.717) is 0 Å². The maximum atomic E-state index is 12.2. The minimum Gasteiger partial charge on any atom is -0.325 e. The first-order chi connectivity index (χ1) is 6.11. The number of carbonyl (C=O) groups is 1. The summed E-state index contributed by atoms with van der Waals surface area (Å²) in [5.74, 6) is -4.49. The predicted octanol–water partition coefficient (Wildman–Crippen LogP) is 1.38. The van der Waals surface area contributed by atoms with Gasteiger partial charge in [-0.15, -0.1) is 0 Å². The molecule has 1 atom stereocenters. The Hall–Kier alpha value is -0.830. The first kappa shape index (κ1) is 11.2. The second-order valence-corrected chi connectivity index (χ2v) is 2.42. The first-order valence-corrected chi connectivity index (χ1v) is 3.09. The van der Waals surface area contributed by atoms with Crippen LogP contribution in [0.3, 0.4) is 0 Å². The van der Waals surface area contributed by atoms with Crippen molar-refractivity contribution < 1.29 is 40.6 Å². The van der Waals surface area contributed by atoms with Gasteiger partial charge in [0, 0.05) is 0 Å². The predicted molar refractivity (Wildman–Crippen MR) is 26.9 cm³/mol. The van der Waals surface area contributed by atoms with Crippen LogP contribution in [0.15, 0.2) is 0 Å². The minimum absolute atomic E-state index is 1.83. The summed E-state index contributed by atoms with van der Waals surface area (Å²) in [4.78, 5) is 9.93. The van der Waals surface area contributed by atoms with Crippen molar-refractivity contribution in [3.63, 3.8) is 0 Å². The molecule has 0 N–H and O–H groups in total. The summed E-state index contributed by atoms with van der Waals surface area (Å²) in [6.45, 7) is -1.83. The molecular weight excluding hydrogens is 222 g/mol. The van der Waals surface area contributed by atoms with Gasteiger partial charge in [0.05, 0.1) is 0 Å². The van der Waals surface area contributed by atoms with Crippen molar-refractivity contribution in [1.29, 1.82) is 0 Å². The van der Waals surface area contributed by atoms with E-state index in [0.717, 1.165) is 0 Å². The molecule has 82 valence electrons. The van der Waals surface area contributed by atoms with E-state index < -0.39 is 30.7 Å². The summed E-state index contributed by atoms with van der Waals surface area (Å²) in [5, 5.41) is 0. The molecule has 0 aliphatic carbocycles. The zero-order chi connectivity index (χ0) is 11.2. The van der Waals surface area contributed by atoms with Crippen LogP contribution in [-0.4, -0.2) is 30.7 Å². The van der Waals surface area contributed by atoms with Gasteiger partial charge in [-0.2, -0.15) is 26.3 Å². The lowest BCUT2D eigenvalue weighted by molar-refractivity contribution is -0.361. The summed E-state index contributed by atoms with van der Waals surface area (Å²) >= 11 is 0. The molecule has 14 heavy (non-hydrogen) atoms. The topological polar surface area (TPSA) is 35.5 Å². The lowest BCUT2D eigenvalue weighted by atomic mass is 10.3. The van der Waals surface area contributed by atoms with E-state index in [2.05, 4.69) is 9.47 Å². The number of halogens is 6. The highest BCUT2D eigenvalue weighted by Gasteiger charge is 2.72. The van der Waals surface area contributed by atoms with Gasteiger partial charge in [0.1, 0.15) is 6.61 Å². The maximum Gasteiger partial charge on any atom is 0.454 e. The van der Waals surface area contributed by atoms with Crippen molar-refractivity contribution in [1.82, 2.24) is 0 Å². The van der Waals surface area contributed by atoms with Gasteiger partial charge in [0.25, 0.3) is 0 Å². The average molecular weight is 224 g/mol. The third-order valence-corrected chi connectivity index (χ3v) is 1.37. The fourth-order valence-electron chi connectivity index (χ4n) is 0.803. The van der Waals surface area contributed by atoms with Crippen molar-refractivity contribution in [2.75, 3.05) is 6.61 Å². The Morgan fingerprint density at radius 3 is 1.93 bits per heavy atom. The zero-order valence-electron chi connectivity index (χ0n) is 6.20. The number of rotatable bonds is 1. The van der Waals surface area contributed by atoms with E-state index in [1.807, 2.05) is 0 Å². The number of hydrogen-bond acceptors (Lipinski definition) is 3.